The molecule has 0 amide bonds. The van der Waals surface area contributed by atoms with Crippen molar-refractivity contribution in [1.82, 2.24) is 0 Å². The van der Waals surface area contributed by atoms with Gasteiger partial charge >= 0.3 is 5.97 Å². The van der Waals surface area contributed by atoms with Crippen LogP contribution in [-0.2, 0) is 19.1 Å². The van der Waals surface area contributed by atoms with Crippen molar-refractivity contribution in [2.24, 2.45) is 39.9 Å². The fourth-order valence-electron chi connectivity index (χ4n) is 9.69. The summed E-state index contributed by atoms with van der Waals surface area (Å²) < 4.78 is 12.4. The Morgan fingerprint density at radius 3 is 2.55 bits per heavy atom. The molecule has 7 fully saturated rings. The molecule has 0 aromatic carbocycles. The number of esters is 1. The van der Waals surface area contributed by atoms with Crippen LogP contribution in [0.25, 0.3) is 0 Å². The number of rotatable bonds is 2. The highest BCUT2D eigenvalue weighted by atomic mass is 16.6. The van der Waals surface area contributed by atoms with Crippen molar-refractivity contribution in [3.05, 3.63) is 12.2 Å². The molecule has 5 aliphatic carbocycles. The Labute approximate surface area is 196 Å². The van der Waals surface area contributed by atoms with E-state index in [0.717, 1.165) is 64.2 Å². The number of carbonyl (C=O) groups is 2. The molecule has 2 heterocycles. The average Bonchev–Trinajstić information content (AvgIpc) is 2.90. The lowest BCUT2D eigenvalue weighted by Gasteiger charge is -2.74. The molecular formula is C27H38O6. The van der Waals surface area contributed by atoms with Crippen LogP contribution in [0, 0.1) is 39.9 Å². The first-order valence-electron chi connectivity index (χ1n) is 13.1. The normalized spacial score (nSPS) is 50.6. The number of aliphatic hydroxyl groups is 2. The lowest BCUT2D eigenvalue weighted by atomic mass is 9.36. The number of ether oxygens (including phenoxy) is 2. The third kappa shape index (κ3) is 2.46. The first-order valence-corrected chi connectivity index (χ1v) is 13.1. The smallest absolute Gasteiger partial charge is 0.309 e. The summed E-state index contributed by atoms with van der Waals surface area (Å²) in [6.07, 6.45) is 7.07. The van der Waals surface area contributed by atoms with Gasteiger partial charge in [-0.15, -0.1) is 0 Å². The number of hydrogen-bond donors (Lipinski definition) is 2. The first kappa shape index (κ1) is 22.2. The Balaban J connectivity index is 1.48. The summed E-state index contributed by atoms with van der Waals surface area (Å²) in [5.74, 6) is -3.40. The molecule has 8 atom stereocenters. The molecule has 0 radical (unpaired) electrons. The molecule has 7 rings (SSSR count). The molecule has 2 aliphatic heterocycles. The van der Waals surface area contributed by atoms with Gasteiger partial charge in [-0.1, -0.05) is 46.1 Å². The lowest BCUT2D eigenvalue weighted by molar-refractivity contribution is -0.448. The van der Waals surface area contributed by atoms with Crippen molar-refractivity contribution in [1.29, 1.82) is 0 Å². The van der Waals surface area contributed by atoms with Crippen LogP contribution in [0.5, 0.6) is 0 Å². The van der Waals surface area contributed by atoms with Gasteiger partial charge in [0.15, 0.2) is 5.78 Å². The zero-order valence-corrected chi connectivity index (χ0v) is 20.0. The van der Waals surface area contributed by atoms with Crippen LogP contribution >= 0.6 is 0 Å². The molecule has 6 nitrogen and oxygen atoms in total. The number of carbonyl (C=O) groups excluding carboxylic acids is 2. The Bertz CT molecular complexity index is 904. The highest BCUT2D eigenvalue weighted by Crippen LogP contribution is 2.76. The quantitative estimate of drug-likeness (QED) is 0.486. The van der Waals surface area contributed by atoms with Crippen molar-refractivity contribution in [3.63, 3.8) is 0 Å². The zero-order chi connectivity index (χ0) is 23.4. The van der Waals surface area contributed by atoms with Gasteiger partial charge in [0, 0.05) is 17.3 Å². The van der Waals surface area contributed by atoms with Crippen molar-refractivity contribution in [2.75, 3.05) is 6.61 Å². The van der Waals surface area contributed by atoms with Gasteiger partial charge in [-0.25, -0.2) is 0 Å². The molecule has 0 unspecified atom stereocenters. The maximum absolute atomic E-state index is 14.0. The van der Waals surface area contributed by atoms with E-state index in [1.807, 2.05) is 0 Å². The maximum Gasteiger partial charge on any atom is 0.309 e. The van der Waals surface area contributed by atoms with E-state index in [2.05, 4.69) is 20.4 Å². The van der Waals surface area contributed by atoms with Gasteiger partial charge in [-0.05, 0) is 55.4 Å². The standard InChI is InChI=1S/C27H38O6/c1-15-17-10-11-18-25-13-7-12-24(2,3)19(25)21(29)27(31,32-14-25)26(18,20(15)28)22(17)33-23(30)16-8-5-4-6-9-16/h16-19,21-22,29,31H,1,4-14H2,2-3H3/t17-,18-,19+,21-,22+,25+,26-,27+/m0/s1. The van der Waals surface area contributed by atoms with Gasteiger partial charge in [0.05, 0.1) is 12.5 Å². The average molecular weight is 459 g/mol. The van der Waals surface area contributed by atoms with Gasteiger partial charge in [0.2, 0.25) is 5.79 Å². The van der Waals surface area contributed by atoms with Crippen molar-refractivity contribution < 1.29 is 29.3 Å². The minimum atomic E-state index is -2.06. The molecular weight excluding hydrogens is 420 g/mol. The molecule has 7 aliphatic rings. The zero-order valence-electron chi connectivity index (χ0n) is 20.0. The van der Waals surface area contributed by atoms with Gasteiger partial charge in [-0.2, -0.15) is 0 Å². The van der Waals surface area contributed by atoms with Crippen molar-refractivity contribution >= 4 is 11.8 Å². The minimum absolute atomic E-state index is 0.154. The van der Waals surface area contributed by atoms with E-state index in [1.54, 1.807) is 0 Å². The van der Waals surface area contributed by atoms with E-state index < -0.39 is 28.8 Å². The van der Waals surface area contributed by atoms with E-state index in [-0.39, 0.29) is 40.8 Å². The molecule has 2 spiro atoms. The Kier molecular flexibility index (Phi) is 4.66. The van der Waals surface area contributed by atoms with E-state index in [4.69, 9.17) is 9.47 Å². The summed E-state index contributed by atoms with van der Waals surface area (Å²) in [6, 6.07) is 0. The maximum atomic E-state index is 14.0. The molecule has 182 valence electrons. The van der Waals surface area contributed by atoms with Crippen LogP contribution in [0.4, 0.5) is 0 Å². The monoisotopic (exact) mass is 458 g/mol. The predicted molar refractivity (Wildman–Crippen MR) is 120 cm³/mol. The van der Waals surface area contributed by atoms with E-state index in [1.165, 1.54) is 0 Å². The van der Waals surface area contributed by atoms with Gasteiger partial charge in [-0.3, -0.25) is 9.59 Å². The summed E-state index contributed by atoms with van der Waals surface area (Å²) in [5.41, 5.74) is -1.62. The largest absolute Gasteiger partial charge is 0.460 e. The summed E-state index contributed by atoms with van der Waals surface area (Å²) in [5, 5.41) is 23.9. The second-order valence-electron chi connectivity index (χ2n) is 12.6. The summed E-state index contributed by atoms with van der Waals surface area (Å²) in [6.45, 7) is 8.79. The van der Waals surface area contributed by atoms with Crippen LogP contribution in [0.2, 0.25) is 0 Å². The fraction of sp³-hybridized carbons (Fsp3) is 0.852. The van der Waals surface area contributed by atoms with Crippen LogP contribution in [-0.4, -0.2) is 46.6 Å². The topological polar surface area (TPSA) is 93.1 Å². The third-order valence-electron chi connectivity index (χ3n) is 10.9. The molecule has 0 aromatic rings. The van der Waals surface area contributed by atoms with Gasteiger partial charge in [0.25, 0.3) is 0 Å². The predicted octanol–water partition coefficient (Wildman–Crippen LogP) is 3.54. The van der Waals surface area contributed by atoms with Gasteiger partial charge < -0.3 is 19.7 Å². The summed E-state index contributed by atoms with van der Waals surface area (Å²) >= 11 is 0. The molecule has 0 aromatic heterocycles. The number of Topliss-reactive ketones (excluding diaryl/α,β-unsaturated/α-hetero) is 1. The third-order valence-corrected chi connectivity index (χ3v) is 10.9. The summed E-state index contributed by atoms with van der Waals surface area (Å²) in [7, 11) is 0. The highest BCUT2D eigenvalue weighted by Gasteiger charge is 2.86. The number of fused-ring (bicyclic) bond motifs is 2. The van der Waals surface area contributed by atoms with Crippen LogP contribution in [0.1, 0.15) is 78.1 Å². The first-order chi connectivity index (χ1) is 15.6. The molecule has 5 saturated carbocycles. The van der Waals surface area contributed by atoms with Crippen LogP contribution in [0.3, 0.4) is 0 Å². The van der Waals surface area contributed by atoms with Crippen LogP contribution < -0.4 is 0 Å². The molecule has 2 saturated heterocycles. The number of hydrogen-bond acceptors (Lipinski definition) is 6. The number of aliphatic hydroxyl groups excluding tert-OH is 1. The lowest BCUT2D eigenvalue weighted by Crippen LogP contribution is -2.84. The minimum Gasteiger partial charge on any atom is -0.460 e. The Hall–Kier alpha value is -1.24. The Morgan fingerprint density at radius 2 is 1.82 bits per heavy atom. The Morgan fingerprint density at radius 1 is 1.09 bits per heavy atom. The van der Waals surface area contributed by atoms with Gasteiger partial charge in [0.1, 0.15) is 17.6 Å². The van der Waals surface area contributed by atoms with E-state index in [0.29, 0.717) is 12.2 Å². The van der Waals surface area contributed by atoms with Crippen LogP contribution in [0.15, 0.2) is 12.2 Å². The second-order valence-corrected chi connectivity index (χ2v) is 12.6. The fourth-order valence-corrected chi connectivity index (χ4v) is 9.69. The van der Waals surface area contributed by atoms with Crippen molar-refractivity contribution in [3.8, 4) is 0 Å². The molecule has 6 heteroatoms. The SMILES string of the molecule is C=C1C(=O)[C@]23[C@H](OC(=O)C4CCCCC4)[C@H]1CC[C@H]2[C@]12CCCC(C)(C)[C@H]1[C@H](O)[C@@]3(O)OC2. The molecule has 4 bridgehead atoms. The molecule has 2 N–H and O–H groups in total. The second kappa shape index (κ2) is 6.92. The van der Waals surface area contributed by atoms with E-state index >= 15 is 0 Å². The summed E-state index contributed by atoms with van der Waals surface area (Å²) in [4.78, 5) is 27.3. The molecule has 33 heavy (non-hydrogen) atoms. The van der Waals surface area contributed by atoms with Crippen molar-refractivity contribution in [2.45, 2.75) is 96.1 Å². The highest BCUT2D eigenvalue weighted by molar-refractivity contribution is 6.05. The van der Waals surface area contributed by atoms with E-state index in [9.17, 15) is 19.8 Å². The number of ketones is 1.